The molecule has 0 spiro atoms. The Morgan fingerprint density at radius 2 is 1.67 bits per heavy atom. The molecule has 0 heterocycles. The van der Waals surface area contributed by atoms with E-state index in [0.29, 0.717) is 0 Å². The average molecular weight is 326 g/mol. The van der Waals surface area contributed by atoms with Gasteiger partial charge in [-0.15, -0.1) is 11.6 Å². The number of hydrogen-bond donors (Lipinski definition) is 0. The summed E-state index contributed by atoms with van der Waals surface area (Å²) in [6.07, 6.45) is 0.821. The quantitative estimate of drug-likeness (QED) is 0.720. The molecular formula is C15H14BrClO. The summed E-state index contributed by atoms with van der Waals surface area (Å²) in [6, 6.07) is 16.1. The van der Waals surface area contributed by atoms with Crippen LogP contribution in [-0.4, -0.2) is 7.11 Å². The van der Waals surface area contributed by atoms with Gasteiger partial charge >= 0.3 is 0 Å². The number of ether oxygens (including phenoxy) is 1. The Kier molecular flexibility index (Phi) is 4.67. The zero-order valence-corrected chi connectivity index (χ0v) is 12.4. The van der Waals surface area contributed by atoms with Crippen molar-refractivity contribution in [1.82, 2.24) is 0 Å². The second-order valence-corrected chi connectivity index (χ2v) is 5.51. The fraction of sp³-hybridized carbons (Fsp3) is 0.200. The van der Waals surface area contributed by atoms with Crippen LogP contribution >= 0.6 is 27.5 Å². The van der Waals surface area contributed by atoms with Gasteiger partial charge in [-0.25, -0.2) is 0 Å². The van der Waals surface area contributed by atoms with E-state index >= 15 is 0 Å². The Labute approximate surface area is 121 Å². The second-order valence-electron chi connectivity index (χ2n) is 4.07. The summed E-state index contributed by atoms with van der Waals surface area (Å²) in [7, 11) is 1.66. The van der Waals surface area contributed by atoms with Gasteiger partial charge in [0.05, 0.1) is 12.5 Å². The number of rotatable bonds is 4. The van der Waals surface area contributed by atoms with Crippen LogP contribution in [0.25, 0.3) is 0 Å². The Hall–Kier alpha value is -0.990. The molecule has 0 aromatic heterocycles. The SMILES string of the molecule is COc1ccc(C(Cl)Cc2ccc(Br)cc2)cc1. The van der Waals surface area contributed by atoms with Crippen molar-refractivity contribution in [3.05, 3.63) is 64.1 Å². The molecule has 1 unspecified atom stereocenters. The summed E-state index contributed by atoms with van der Waals surface area (Å²) >= 11 is 9.85. The fourth-order valence-corrected chi connectivity index (χ4v) is 2.35. The van der Waals surface area contributed by atoms with E-state index in [1.165, 1.54) is 5.56 Å². The molecule has 0 amide bonds. The number of hydrogen-bond acceptors (Lipinski definition) is 1. The van der Waals surface area contributed by atoms with Crippen molar-refractivity contribution < 1.29 is 4.74 Å². The lowest BCUT2D eigenvalue weighted by Crippen LogP contribution is -1.96. The first-order chi connectivity index (χ1) is 8.69. The van der Waals surface area contributed by atoms with Crippen LogP contribution in [0.15, 0.2) is 53.0 Å². The minimum absolute atomic E-state index is 0.0166. The maximum Gasteiger partial charge on any atom is 0.118 e. The van der Waals surface area contributed by atoms with E-state index in [1.54, 1.807) is 7.11 Å². The van der Waals surface area contributed by atoms with Gasteiger partial charge in [0.15, 0.2) is 0 Å². The lowest BCUT2D eigenvalue weighted by atomic mass is 10.0. The van der Waals surface area contributed by atoms with E-state index < -0.39 is 0 Å². The molecule has 18 heavy (non-hydrogen) atoms. The molecule has 2 rings (SSSR count). The predicted molar refractivity (Wildman–Crippen MR) is 79.4 cm³/mol. The highest BCUT2D eigenvalue weighted by atomic mass is 79.9. The summed E-state index contributed by atoms with van der Waals surface area (Å²) in [5.41, 5.74) is 2.34. The van der Waals surface area contributed by atoms with Crippen molar-refractivity contribution in [3.8, 4) is 5.75 Å². The van der Waals surface area contributed by atoms with E-state index in [9.17, 15) is 0 Å². The summed E-state index contributed by atoms with van der Waals surface area (Å²) in [4.78, 5) is 0. The lowest BCUT2D eigenvalue weighted by Gasteiger charge is -2.10. The van der Waals surface area contributed by atoms with Crippen LogP contribution in [0, 0.1) is 0 Å². The topological polar surface area (TPSA) is 9.23 Å². The molecule has 0 aliphatic carbocycles. The van der Waals surface area contributed by atoms with Crippen LogP contribution in [0.4, 0.5) is 0 Å². The van der Waals surface area contributed by atoms with E-state index in [-0.39, 0.29) is 5.38 Å². The number of alkyl halides is 1. The fourth-order valence-electron chi connectivity index (χ4n) is 1.76. The Morgan fingerprint density at radius 3 is 2.22 bits per heavy atom. The summed E-state index contributed by atoms with van der Waals surface area (Å²) in [5.74, 6) is 0.853. The molecule has 0 aliphatic heterocycles. The van der Waals surface area contributed by atoms with Crippen molar-refractivity contribution >= 4 is 27.5 Å². The predicted octanol–water partition coefficient (Wildman–Crippen LogP) is 4.98. The second kappa shape index (κ2) is 6.26. The van der Waals surface area contributed by atoms with Crippen LogP contribution in [0.2, 0.25) is 0 Å². The minimum Gasteiger partial charge on any atom is -0.497 e. The molecule has 3 heteroatoms. The highest BCUT2D eigenvalue weighted by molar-refractivity contribution is 9.10. The summed E-state index contributed by atoms with van der Waals surface area (Å²) < 4.78 is 6.22. The van der Waals surface area contributed by atoms with Crippen molar-refractivity contribution in [3.63, 3.8) is 0 Å². The van der Waals surface area contributed by atoms with E-state index in [4.69, 9.17) is 16.3 Å². The van der Waals surface area contributed by atoms with Crippen molar-refractivity contribution in [2.75, 3.05) is 7.11 Å². The van der Waals surface area contributed by atoms with Gasteiger partial charge in [-0.3, -0.25) is 0 Å². The lowest BCUT2D eigenvalue weighted by molar-refractivity contribution is 0.414. The largest absolute Gasteiger partial charge is 0.497 e. The number of halogens is 2. The van der Waals surface area contributed by atoms with Gasteiger partial charge in [-0.2, -0.15) is 0 Å². The first-order valence-electron chi connectivity index (χ1n) is 5.71. The molecule has 0 N–H and O–H groups in total. The van der Waals surface area contributed by atoms with E-state index in [1.807, 2.05) is 36.4 Å². The van der Waals surface area contributed by atoms with Crippen LogP contribution in [-0.2, 0) is 6.42 Å². The minimum atomic E-state index is -0.0166. The molecule has 0 fully saturated rings. The maximum absolute atomic E-state index is 6.42. The maximum atomic E-state index is 6.42. The van der Waals surface area contributed by atoms with Crippen molar-refractivity contribution in [1.29, 1.82) is 0 Å². The molecule has 0 aliphatic rings. The third kappa shape index (κ3) is 3.50. The number of methoxy groups -OCH3 is 1. The van der Waals surface area contributed by atoms with Gasteiger partial charge in [0.25, 0.3) is 0 Å². The average Bonchev–Trinajstić information content (AvgIpc) is 2.41. The highest BCUT2D eigenvalue weighted by Gasteiger charge is 2.09. The van der Waals surface area contributed by atoms with Crippen LogP contribution in [0.1, 0.15) is 16.5 Å². The molecular weight excluding hydrogens is 312 g/mol. The molecule has 0 saturated heterocycles. The Morgan fingerprint density at radius 1 is 1.06 bits per heavy atom. The molecule has 0 bridgehead atoms. The van der Waals surface area contributed by atoms with E-state index in [0.717, 1.165) is 22.2 Å². The molecule has 1 atom stereocenters. The molecule has 2 aromatic carbocycles. The summed E-state index contributed by atoms with van der Waals surface area (Å²) in [6.45, 7) is 0. The van der Waals surface area contributed by atoms with Crippen LogP contribution in [0.3, 0.4) is 0 Å². The standard InChI is InChI=1S/C15H14BrClO/c1-18-14-8-4-12(5-9-14)15(17)10-11-2-6-13(16)7-3-11/h2-9,15H,10H2,1H3. The van der Waals surface area contributed by atoms with Gasteiger partial charge < -0.3 is 4.74 Å². The molecule has 1 nitrogen and oxygen atoms in total. The molecule has 0 radical (unpaired) electrons. The van der Waals surface area contributed by atoms with Crippen molar-refractivity contribution in [2.45, 2.75) is 11.8 Å². The zero-order valence-electron chi connectivity index (χ0n) is 10.1. The van der Waals surface area contributed by atoms with Crippen LogP contribution < -0.4 is 4.74 Å². The summed E-state index contributed by atoms with van der Waals surface area (Å²) in [5, 5.41) is -0.0166. The third-order valence-corrected chi connectivity index (χ3v) is 3.74. The van der Waals surface area contributed by atoms with E-state index in [2.05, 4.69) is 28.1 Å². The third-order valence-electron chi connectivity index (χ3n) is 2.81. The number of benzene rings is 2. The Balaban J connectivity index is 2.06. The van der Waals surface area contributed by atoms with Crippen molar-refractivity contribution in [2.24, 2.45) is 0 Å². The van der Waals surface area contributed by atoms with Gasteiger partial charge in [0, 0.05) is 4.47 Å². The smallest absolute Gasteiger partial charge is 0.118 e. The molecule has 2 aromatic rings. The van der Waals surface area contributed by atoms with Gasteiger partial charge in [-0.1, -0.05) is 40.2 Å². The Bertz CT molecular complexity index is 493. The molecule has 0 saturated carbocycles. The van der Waals surface area contributed by atoms with Gasteiger partial charge in [0.2, 0.25) is 0 Å². The normalized spacial score (nSPS) is 12.2. The highest BCUT2D eigenvalue weighted by Crippen LogP contribution is 2.27. The zero-order chi connectivity index (χ0) is 13.0. The van der Waals surface area contributed by atoms with Gasteiger partial charge in [-0.05, 0) is 41.8 Å². The van der Waals surface area contributed by atoms with Crippen LogP contribution in [0.5, 0.6) is 5.75 Å². The first-order valence-corrected chi connectivity index (χ1v) is 6.94. The molecule has 94 valence electrons. The van der Waals surface area contributed by atoms with Gasteiger partial charge in [0.1, 0.15) is 5.75 Å². The first kappa shape index (κ1) is 13.4. The monoisotopic (exact) mass is 324 g/mol.